The summed E-state index contributed by atoms with van der Waals surface area (Å²) < 4.78 is 13.2. The molecule has 3 rings (SSSR count). The van der Waals surface area contributed by atoms with Crippen LogP contribution in [0.25, 0.3) is 0 Å². The van der Waals surface area contributed by atoms with E-state index in [1.165, 1.54) is 23.9 Å². The first-order valence-electron chi connectivity index (χ1n) is 12.2. The Hall–Kier alpha value is -2.54. The van der Waals surface area contributed by atoms with Gasteiger partial charge in [-0.25, -0.2) is 4.39 Å². The molecule has 0 radical (unpaired) electrons. The van der Waals surface area contributed by atoms with Crippen molar-refractivity contribution in [3.8, 4) is 0 Å². The molecule has 3 aromatic rings. The predicted octanol–water partition coefficient (Wildman–Crippen LogP) is 6.92. The summed E-state index contributed by atoms with van der Waals surface area (Å²) in [7, 11) is 0. The number of amides is 2. The van der Waals surface area contributed by atoms with Gasteiger partial charge in [-0.1, -0.05) is 85.1 Å². The van der Waals surface area contributed by atoms with Crippen LogP contribution in [-0.4, -0.2) is 35.1 Å². The van der Waals surface area contributed by atoms with E-state index < -0.39 is 6.04 Å². The Balaban J connectivity index is 1.85. The topological polar surface area (TPSA) is 49.4 Å². The first-order chi connectivity index (χ1) is 17.9. The van der Waals surface area contributed by atoms with E-state index in [1.807, 2.05) is 30.3 Å². The Labute approximate surface area is 232 Å². The van der Waals surface area contributed by atoms with Crippen LogP contribution in [0.5, 0.6) is 0 Å². The van der Waals surface area contributed by atoms with E-state index in [1.54, 1.807) is 35.2 Å². The summed E-state index contributed by atoms with van der Waals surface area (Å²) in [5.41, 5.74) is 2.59. The fourth-order valence-electron chi connectivity index (χ4n) is 3.81. The number of rotatable bonds is 13. The van der Waals surface area contributed by atoms with Crippen LogP contribution in [-0.2, 0) is 28.3 Å². The molecule has 0 aliphatic carbocycles. The molecule has 37 heavy (non-hydrogen) atoms. The van der Waals surface area contributed by atoms with Crippen LogP contribution in [0.2, 0.25) is 10.0 Å². The number of carbonyl (C=O) groups excluding carboxylic acids is 2. The second-order valence-corrected chi connectivity index (χ2v) is 10.6. The summed E-state index contributed by atoms with van der Waals surface area (Å²) in [6.45, 7) is 2.78. The number of unbranched alkanes of at least 4 members (excludes halogenated alkanes) is 1. The van der Waals surface area contributed by atoms with Crippen molar-refractivity contribution < 1.29 is 14.0 Å². The third kappa shape index (κ3) is 9.37. The first-order valence-corrected chi connectivity index (χ1v) is 14.2. The van der Waals surface area contributed by atoms with Crippen LogP contribution < -0.4 is 5.32 Å². The zero-order valence-corrected chi connectivity index (χ0v) is 23.1. The molecule has 0 saturated carbocycles. The number of nitrogens with one attached hydrogen (secondary N) is 1. The largest absolute Gasteiger partial charge is 0.354 e. The standard InChI is InChI=1S/C29H31Cl2FN2O2S/c1-2-3-15-33-29(36)27(16-21-7-5-4-6-8-21)34(18-23-11-12-24(30)17-26(23)31)28(35)20-37-19-22-9-13-25(32)14-10-22/h4-14,17,27H,2-3,15-16,18-20H2,1H3,(H,33,36)/t27-/m0/s1. The van der Waals surface area contributed by atoms with Crippen LogP contribution in [0.4, 0.5) is 4.39 Å². The molecule has 196 valence electrons. The van der Waals surface area contributed by atoms with E-state index >= 15 is 0 Å². The highest BCUT2D eigenvalue weighted by molar-refractivity contribution is 7.99. The molecule has 0 saturated heterocycles. The van der Waals surface area contributed by atoms with Gasteiger partial charge >= 0.3 is 0 Å². The lowest BCUT2D eigenvalue weighted by Gasteiger charge is -2.32. The number of hydrogen-bond acceptors (Lipinski definition) is 3. The summed E-state index contributed by atoms with van der Waals surface area (Å²) in [6, 6.07) is 20.3. The van der Waals surface area contributed by atoms with Gasteiger partial charge in [0.15, 0.2) is 0 Å². The second-order valence-electron chi connectivity index (χ2n) is 8.73. The lowest BCUT2D eigenvalue weighted by Crippen LogP contribution is -2.51. The fraction of sp³-hybridized carbons (Fsp3) is 0.310. The molecule has 1 atom stereocenters. The average Bonchev–Trinajstić information content (AvgIpc) is 2.89. The molecular weight excluding hydrogens is 530 g/mol. The zero-order valence-electron chi connectivity index (χ0n) is 20.8. The van der Waals surface area contributed by atoms with Crippen molar-refractivity contribution in [2.24, 2.45) is 0 Å². The van der Waals surface area contributed by atoms with Gasteiger partial charge in [-0.3, -0.25) is 9.59 Å². The van der Waals surface area contributed by atoms with E-state index in [2.05, 4.69) is 12.2 Å². The molecule has 3 aromatic carbocycles. The predicted molar refractivity (Wildman–Crippen MR) is 151 cm³/mol. The quantitative estimate of drug-likeness (QED) is 0.231. The molecule has 2 amide bonds. The number of nitrogens with zero attached hydrogens (tertiary/aromatic N) is 1. The Morgan fingerprint density at radius 1 is 1.00 bits per heavy atom. The number of hydrogen-bond donors (Lipinski definition) is 1. The molecule has 1 N–H and O–H groups in total. The minimum Gasteiger partial charge on any atom is -0.354 e. The molecule has 0 aromatic heterocycles. The number of thioether (sulfide) groups is 1. The SMILES string of the molecule is CCCCNC(=O)[C@H](Cc1ccccc1)N(Cc1ccc(Cl)cc1Cl)C(=O)CSCc1ccc(F)cc1. The van der Waals surface area contributed by atoms with E-state index in [-0.39, 0.29) is 29.9 Å². The first kappa shape index (κ1) is 29.0. The fourth-order valence-corrected chi connectivity index (χ4v) is 5.15. The van der Waals surface area contributed by atoms with Crippen molar-refractivity contribution in [1.29, 1.82) is 0 Å². The Morgan fingerprint density at radius 2 is 1.73 bits per heavy atom. The van der Waals surface area contributed by atoms with Crippen LogP contribution in [0, 0.1) is 5.82 Å². The second kappa shape index (κ2) is 15.0. The molecular formula is C29H31Cl2FN2O2S. The Morgan fingerprint density at radius 3 is 2.41 bits per heavy atom. The normalized spacial score (nSPS) is 11.7. The highest BCUT2D eigenvalue weighted by Gasteiger charge is 2.30. The van der Waals surface area contributed by atoms with Crippen molar-refractivity contribution in [2.45, 2.75) is 44.5 Å². The van der Waals surface area contributed by atoms with Gasteiger partial charge in [-0.15, -0.1) is 11.8 Å². The smallest absolute Gasteiger partial charge is 0.243 e. The highest BCUT2D eigenvalue weighted by Crippen LogP contribution is 2.25. The van der Waals surface area contributed by atoms with E-state index in [0.717, 1.165) is 24.0 Å². The van der Waals surface area contributed by atoms with E-state index in [0.29, 0.717) is 34.3 Å². The monoisotopic (exact) mass is 560 g/mol. The van der Waals surface area contributed by atoms with Gasteiger partial charge in [0, 0.05) is 35.3 Å². The van der Waals surface area contributed by atoms with Crippen LogP contribution in [0.1, 0.15) is 36.5 Å². The molecule has 0 bridgehead atoms. The maximum absolute atomic E-state index is 13.6. The van der Waals surface area contributed by atoms with Crippen molar-refractivity contribution in [2.75, 3.05) is 12.3 Å². The molecule has 4 nitrogen and oxygen atoms in total. The third-order valence-electron chi connectivity index (χ3n) is 5.86. The van der Waals surface area contributed by atoms with Gasteiger partial charge in [0.2, 0.25) is 11.8 Å². The highest BCUT2D eigenvalue weighted by atomic mass is 35.5. The maximum Gasteiger partial charge on any atom is 0.243 e. The van der Waals surface area contributed by atoms with Gasteiger partial charge < -0.3 is 10.2 Å². The molecule has 0 aliphatic heterocycles. The van der Waals surface area contributed by atoms with Gasteiger partial charge in [0.1, 0.15) is 11.9 Å². The summed E-state index contributed by atoms with van der Waals surface area (Å²) >= 11 is 14.0. The summed E-state index contributed by atoms with van der Waals surface area (Å²) in [5.74, 6) is 0.0432. The van der Waals surface area contributed by atoms with Crippen LogP contribution >= 0.6 is 35.0 Å². The van der Waals surface area contributed by atoms with Gasteiger partial charge in [-0.2, -0.15) is 0 Å². The maximum atomic E-state index is 13.6. The Kier molecular flexibility index (Phi) is 11.8. The third-order valence-corrected chi connectivity index (χ3v) is 7.44. The summed E-state index contributed by atoms with van der Waals surface area (Å²) in [6.07, 6.45) is 2.18. The molecule has 0 spiro atoms. The van der Waals surface area contributed by atoms with Gasteiger partial charge in [0.25, 0.3) is 0 Å². The number of halogens is 3. The molecule has 0 fully saturated rings. The zero-order chi connectivity index (χ0) is 26.6. The molecule has 0 aliphatic rings. The van der Waals surface area contributed by atoms with Crippen molar-refractivity contribution in [1.82, 2.24) is 10.2 Å². The summed E-state index contributed by atoms with van der Waals surface area (Å²) in [4.78, 5) is 28.7. The Bertz CT molecular complexity index is 1160. The van der Waals surface area contributed by atoms with Crippen molar-refractivity contribution in [3.63, 3.8) is 0 Å². The number of benzene rings is 3. The van der Waals surface area contributed by atoms with Crippen LogP contribution in [0.3, 0.4) is 0 Å². The summed E-state index contributed by atoms with van der Waals surface area (Å²) in [5, 5.41) is 3.95. The van der Waals surface area contributed by atoms with Crippen LogP contribution in [0.15, 0.2) is 72.8 Å². The minimum absolute atomic E-state index is 0.163. The van der Waals surface area contributed by atoms with E-state index in [4.69, 9.17) is 23.2 Å². The minimum atomic E-state index is -0.718. The molecule has 0 heterocycles. The molecule has 0 unspecified atom stereocenters. The van der Waals surface area contributed by atoms with E-state index in [9.17, 15) is 14.0 Å². The van der Waals surface area contributed by atoms with Crippen molar-refractivity contribution in [3.05, 3.63) is 105 Å². The lowest BCUT2D eigenvalue weighted by atomic mass is 10.0. The number of carbonyl (C=O) groups is 2. The molecule has 8 heteroatoms. The lowest BCUT2D eigenvalue weighted by molar-refractivity contribution is -0.139. The van der Waals surface area contributed by atoms with Gasteiger partial charge in [-0.05, 0) is 47.4 Å². The average molecular weight is 562 g/mol. The van der Waals surface area contributed by atoms with Crippen molar-refractivity contribution >= 4 is 46.8 Å². The van der Waals surface area contributed by atoms with Gasteiger partial charge in [0.05, 0.1) is 5.75 Å².